The average molecular weight is 320 g/mol. The lowest BCUT2D eigenvalue weighted by molar-refractivity contribution is 0.475. The maximum atomic E-state index is 9.51. The molecule has 0 bridgehead atoms. The van der Waals surface area contributed by atoms with E-state index < -0.39 is 0 Å². The number of phenols is 1. The fourth-order valence-electron chi connectivity index (χ4n) is 2.19. The minimum absolute atomic E-state index is 0.110. The number of furan rings is 1. The van der Waals surface area contributed by atoms with Gasteiger partial charge >= 0.3 is 0 Å². The number of benzene rings is 1. The molecule has 0 spiro atoms. The average Bonchev–Trinajstić information content (AvgIpc) is 3.09. The summed E-state index contributed by atoms with van der Waals surface area (Å²) in [4.78, 5) is 1.07. The van der Waals surface area contributed by atoms with Crippen molar-refractivity contribution in [2.24, 2.45) is 0 Å². The van der Waals surface area contributed by atoms with Crippen molar-refractivity contribution in [3.05, 3.63) is 69.3 Å². The summed E-state index contributed by atoms with van der Waals surface area (Å²) in [6.07, 6.45) is 1.66. The summed E-state index contributed by atoms with van der Waals surface area (Å²) in [5.41, 5.74) is 1.91. The molecule has 0 amide bonds. The van der Waals surface area contributed by atoms with Crippen molar-refractivity contribution in [3.63, 3.8) is 0 Å². The number of thiophene rings is 1. The van der Waals surface area contributed by atoms with Gasteiger partial charge in [-0.15, -0.1) is 11.3 Å². The minimum Gasteiger partial charge on any atom is -0.508 e. The molecule has 0 saturated heterocycles. The summed E-state index contributed by atoms with van der Waals surface area (Å²) < 4.78 is 6.29. The molecule has 2 aromatic heterocycles. The Morgan fingerprint density at radius 2 is 2.10 bits per heavy atom. The SMILES string of the molecule is Cc1cc(O)ccc1NC(c1ccco1)c1ccc(Cl)s1. The Bertz CT molecular complexity index is 737. The highest BCUT2D eigenvalue weighted by molar-refractivity contribution is 7.16. The lowest BCUT2D eigenvalue weighted by atomic mass is 10.1. The van der Waals surface area contributed by atoms with Crippen LogP contribution in [-0.2, 0) is 0 Å². The molecular formula is C16H14ClNO2S. The second-order valence-electron chi connectivity index (χ2n) is 4.73. The Hall–Kier alpha value is -1.91. The van der Waals surface area contributed by atoms with E-state index in [2.05, 4.69) is 5.32 Å². The van der Waals surface area contributed by atoms with Crippen LogP contribution in [0.1, 0.15) is 22.2 Å². The molecule has 3 nitrogen and oxygen atoms in total. The molecule has 2 heterocycles. The van der Waals surface area contributed by atoms with Crippen LogP contribution in [0.5, 0.6) is 5.75 Å². The third kappa shape index (κ3) is 3.06. The van der Waals surface area contributed by atoms with Crippen LogP contribution in [-0.4, -0.2) is 5.11 Å². The lowest BCUT2D eigenvalue weighted by Crippen LogP contribution is -2.11. The zero-order chi connectivity index (χ0) is 14.8. The number of nitrogens with one attached hydrogen (secondary N) is 1. The van der Waals surface area contributed by atoms with E-state index in [1.54, 1.807) is 18.4 Å². The molecule has 2 N–H and O–H groups in total. The third-order valence-electron chi connectivity index (χ3n) is 3.22. The number of hydrogen-bond donors (Lipinski definition) is 2. The summed E-state index contributed by atoms with van der Waals surface area (Å²) in [5.74, 6) is 1.08. The van der Waals surface area contributed by atoms with E-state index in [9.17, 15) is 5.11 Å². The van der Waals surface area contributed by atoms with Crippen molar-refractivity contribution in [1.82, 2.24) is 0 Å². The highest BCUT2D eigenvalue weighted by Crippen LogP contribution is 2.35. The third-order valence-corrected chi connectivity index (χ3v) is 4.51. The fraction of sp³-hybridized carbons (Fsp3) is 0.125. The smallest absolute Gasteiger partial charge is 0.131 e. The minimum atomic E-state index is -0.110. The van der Waals surface area contributed by atoms with Gasteiger partial charge in [0.15, 0.2) is 0 Å². The standard InChI is InChI=1S/C16H14ClNO2S/c1-10-9-11(19)4-5-12(10)18-16(13-3-2-8-20-13)14-6-7-15(17)21-14/h2-9,16,18-19H,1H3. The van der Waals surface area contributed by atoms with E-state index in [4.69, 9.17) is 16.0 Å². The molecule has 1 aromatic carbocycles. The molecule has 0 fully saturated rings. The molecule has 3 aromatic rings. The second-order valence-corrected chi connectivity index (χ2v) is 6.48. The van der Waals surface area contributed by atoms with E-state index in [0.29, 0.717) is 0 Å². The van der Waals surface area contributed by atoms with Gasteiger partial charge in [-0.3, -0.25) is 0 Å². The Morgan fingerprint density at radius 3 is 2.71 bits per heavy atom. The summed E-state index contributed by atoms with van der Waals surface area (Å²) in [6, 6.07) is 12.8. The molecule has 3 rings (SSSR count). The number of halogens is 1. The van der Waals surface area contributed by atoms with Crippen molar-refractivity contribution in [2.75, 3.05) is 5.32 Å². The Balaban J connectivity index is 1.96. The van der Waals surface area contributed by atoms with Crippen LogP contribution >= 0.6 is 22.9 Å². The van der Waals surface area contributed by atoms with Crippen LogP contribution < -0.4 is 5.32 Å². The predicted molar refractivity (Wildman–Crippen MR) is 86.3 cm³/mol. The Morgan fingerprint density at radius 1 is 1.24 bits per heavy atom. The quantitative estimate of drug-likeness (QED) is 0.649. The monoisotopic (exact) mass is 319 g/mol. The predicted octanol–water partition coefficient (Wildman–Crippen LogP) is 5.21. The van der Waals surface area contributed by atoms with Crippen molar-refractivity contribution < 1.29 is 9.52 Å². The zero-order valence-corrected chi connectivity index (χ0v) is 12.9. The molecule has 5 heteroatoms. The molecule has 0 aliphatic rings. The number of aryl methyl sites for hydroxylation is 1. The van der Waals surface area contributed by atoms with Crippen molar-refractivity contribution >= 4 is 28.6 Å². The van der Waals surface area contributed by atoms with Crippen molar-refractivity contribution in [2.45, 2.75) is 13.0 Å². The fourth-order valence-corrected chi connectivity index (χ4v) is 3.31. The van der Waals surface area contributed by atoms with E-state index in [1.165, 1.54) is 11.3 Å². The highest BCUT2D eigenvalue weighted by atomic mass is 35.5. The number of rotatable bonds is 4. The summed E-state index contributed by atoms with van der Waals surface area (Å²) in [5, 5.41) is 13.0. The second kappa shape index (κ2) is 5.84. The van der Waals surface area contributed by atoms with E-state index in [-0.39, 0.29) is 11.8 Å². The summed E-state index contributed by atoms with van der Waals surface area (Å²) >= 11 is 7.56. The van der Waals surface area contributed by atoms with Gasteiger partial charge in [0.05, 0.1) is 10.6 Å². The maximum absolute atomic E-state index is 9.51. The van der Waals surface area contributed by atoms with Gasteiger partial charge in [-0.05, 0) is 55.0 Å². The molecule has 1 unspecified atom stereocenters. The van der Waals surface area contributed by atoms with Gasteiger partial charge < -0.3 is 14.8 Å². The Labute approximate surface area is 131 Å². The maximum Gasteiger partial charge on any atom is 0.131 e. The first-order chi connectivity index (χ1) is 10.1. The van der Waals surface area contributed by atoms with Gasteiger partial charge in [0, 0.05) is 10.6 Å². The van der Waals surface area contributed by atoms with Crippen molar-refractivity contribution in [3.8, 4) is 5.75 Å². The van der Waals surface area contributed by atoms with E-state index in [0.717, 1.165) is 26.2 Å². The molecule has 0 saturated carbocycles. The first kappa shape index (κ1) is 14.0. The van der Waals surface area contributed by atoms with Crippen LogP contribution in [0.15, 0.2) is 53.1 Å². The first-order valence-electron chi connectivity index (χ1n) is 6.48. The molecule has 1 atom stereocenters. The van der Waals surface area contributed by atoms with Crippen LogP contribution in [0, 0.1) is 6.92 Å². The summed E-state index contributed by atoms with van der Waals surface area (Å²) in [7, 11) is 0. The first-order valence-corrected chi connectivity index (χ1v) is 7.68. The molecule has 108 valence electrons. The number of aromatic hydroxyl groups is 1. The molecular weight excluding hydrogens is 306 g/mol. The van der Waals surface area contributed by atoms with Crippen LogP contribution in [0.2, 0.25) is 4.34 Å². The molecule has 0 radical (unpaired) electrons. The molecule has 21 heavy (non-hydrogen) atoms. The molecule has 0 aliphatic carbocycles. The number of phenolic OH excluding ortho intramolecular Hbond substituents is 1. The topological polar surface area (TPSA) is 45.4 Å². The van der Waals surface area contributed by atoms with E-state index in [1.807, 2.05) is 37.3 Å². The van der Waals surface area contributed by atoms with Gasteiger partial charge in [-0.1, -0.05) is 11.6 Å². The highest BCUT2D eigenvalue weighted by Gasteiger charge is 2.19. The zero-order valence-electron chi connectivity index (χ0n) is 11.3. The van der Waals surface area contributed by atoms with Gasteiger partial charge in [-0.25, -0.2) is 0 Å². The largest absolute Gasteiger partial charge is 0.508 e. The van der Waals surface area contributed by atoms with E-state index >= 15 is 0 Å². The molecule has 0 aliphatic heterocycles. The van der Waals surface area contributed by atoms with Crippen LogP contribution in [0.3, 0.4) is 0 Å². The van der Waals surface area contributed by atoms with Crippen molar-refractivity contribution in [1.29, 1.82) is 0 Å². The number of anilines is 1. The van der Waals surface area contributed by atoms with Crippen LogP contribution in [0.4, 0.5) is 5.69 Å². The van der Waals surface area contributed by atoms with Gasteiger partial charge in [0.25, 0.3) is 0 Å². The lowest BCUT2D eigenvalue weighted by Gasteiger charge is -2.18. The normalized spacial score (nSPS) is 12.3. The van der Waals surface area contributed by atoms with Gasteiger partial charge in [-0.2, -0.15) is 0 Å². The van der Waals surface area contributed by atoms with Crippen LogP contribution in [0.25, 0.3) is 0 Å². The number of hydrogen-bond acceptors (Lipinski definition) is 4. The Kier molecular flexibility index (Phi) is 3.90. The summed E-state index contributed by atoms with van der Waals surface area (Å²) in [6.45, 7) is 1.95. The van der Waals surface area contributed by atoms with Gasteiger partial charge in [0.2, 0.25) is 0 Å². The van der Waals surface area contributed by atoms with Gasteiger partial charge in [0.1, 0.15) is 17.6 Å².